The minimum absolute atomic E-state index is 0.995. The van der Waals surface area contributed by atoms with Crippen LogP contribution in [-0.4, -0.2) is 42.1 Å². The zero-order chi connectivity index (χ0) is 16.6. The van der Waals surface area contributed by atoms with E-state index in [0.29, 0.717) is 0 Å². The van der Waals surface area contributed by atoms with Crippen molar-refractivity contribution in [2.45, 2.75) is 88.4 Å². The van der Waals surface area contributed by atoms with E-state index in [1.165, 1.54) is 16.5 Å². The quantitative estimate of drug-likeness (QED) is 0.348. The lowest BCUT2D eigenvalue weighted by Crippen LogP contribution is -2.53. The highest BCUT2D eigenvalue weighted by Gasteiger charge is 2.41. The van der Waals surface area contributed by atoms with Crippen molar-refractivity contribution in [3.63, 3.8) is 0 Å². The Kier molecular flexibility index (Phi) is 7.70. The van der Waals surface area contributed by atoms with Gasteiger partial charge in [-0.1, -0.05) is 78.6 Å². The topological polar surface area (TPSA) is 0 Å². The van der Waals surface area contributed by atoms with Gasteiger partial charge in [-0.05, 0) is 9.81 Å². The van der Waals surface area contributed by atoms with E-state index in [1.807, 2.05) is 0 Å². The molecule has 0 saturated carbocycles. The zero-order valence-electron chi connectivity index (χ0n) is 16.2. The Morgan fingerprint density at radius 1 is 0.400 bits per heavy atom. The van der Waals surface area contributed by atoms with E-state index >= 15 is 0 Å². The maximum absolute atomic E-state index is 2.62. The first-order chi connectivity index (χ1) is 8.47. The Morgan fingerprint density at radius 3 is 0.650 bits per heavy atom. The Hall–Kier alpha value is 1.73. The summed E-state index contributed by atoms with van der Waals surface area (Å²) in [5, 5.41) is 0. The smallest absolute Gasteiger partial charge is 0.0492 e. The fourth-order valence-electron chi connectivity index (χ4n) is 3.63. The highest BCUT2D eigenvalue weighted by molar-refractivity contribution is 8.15. The maximum Gasteiger partial charge on any atom is 0.0492 e. The molecular weight excluding hydrogens is 342 g/mol. The van der Waals surface area contributed by atoms with Crippen LogP contribution in [0.2, 0.25) is 78.6 Å². The summed E-state index contributed by atoms with van der Waals surface area (Å²) < 4.78 is 0. The van der Waals surface area contributed by atoms with Crippen LogP contribution in [0.5, 0.6) is 0 Å². The van der Waals surface area contributed by atoms with Gasteiger partial charge in [-0.25, -0.2) is 0 Å². The van der Waals surface area contributed by atoms with E-state index in [-0.39, 0.29) is 0 Å². The molecule has 0 amide bonds. The Labute approximate surface area is 137 Å². The van der Waals surface area contributed by atoms with Crippen LogP contribution in [0.15, 0.2) is 0 Å². The highest BCUT2D eigenvalue weighted by Crippen LogP contribution is 2.54. The van der Waals surface area contributed by atoms with Gasteiger partial charge in [0.05, 0.1) is 0 Å². The van der Waals surface area contributed by atoms with Gasteiger partial charge in [0.1, 0.15) is 0 Å². The SMILES string of the molecule is C[Si](C)(C)C(PPC([Si](C)(C)C)[Si](C)(C)C)[Si](C)(C)C. The van der Waals surface area contributed by atoms with Crippen LogP contribution in [0.25, 0.3) is 0 Å². The fourth-order valence-corrected chi connectivity index (χ4v) is 51.3. The van der Waals surface area contributed by atoms with Gasteiger partial charge in [0.25, 0.3) is 0 Å². The molecule has 0 saturated heterocycles. The average molecular weight is 383 g/mol. The number of hydrogen-bond acceptors (Lipinski definition) is 0. The van der Waals surface area contributed by atoms with Gasteiger partial charge in [-0.15, -0.1) is 16.5 Å². The van der Waals surface area contributed by atoms with E-state index in [0.717, 1.165) is 9.81 Å². The lowest BCUT2D eigenvalue weighted by atomic mass is 11.7. The number of rotatable bonds is 7. The molecule has 0 heterocycles. The van der Waals surface area contributed by atoms with Gasteiger partial charge in [0, 0.05) is 32.3 Å². The normalized spacial score (nSPS) is 16.5. The van der Waals surface area contributed by atoms with Crippen LogP contribution in [0, 0.1) is 0 Å². The molecule has 0 radical (unpaired) electrons. The van der Waals surface area contributed by atoms with Crippen LogP contribution in [-0.2, 0) is 0 Å². The highest BCUT2D eigenvalue weighted by atomic mass is 32.0. The molecule has 20 heavy (non-hydrogen) atoms. The molecule has 0 aromatic heterocycles. The first kappa shape index (κ1) is 21.7. The molecule has 2 unspecified atom stereocenters. The van der Waals surface area contributed by atoms with Crippen LogP contribution in [0.4, 0.5) is 0 Å². The van der Waals surface area contributed by atoms with E-state index < -0.39 is 32.3 Å². The minimum atomic E-state index is -0.995. The van der Waals surface area contributed by atoms with Gasteiger partial charge in [-0.3, -0.25) is 0 Å². The summed E-state index contributed by atoms with van der Waals surface area (Å²) in [6, 6.07) is 0. The third-order valence-electron chi connectivity index (χ3n) is 3.84. The van der Waals surface area contributed by atoms with Gasteiger partial charge < -0.3 is 0 Å². The monoisotopic (exact) mass is 382 g/mol. The maximum atomic E-state index is 2.62. The Balaban J connectivity index is 5.10. The van der Waals surface area contributed by atoms with Crippen LogP contribution >= 0.6 is 16.5 Å². The van der Waals surface area contributed by atoms with Crippen molar-refractivity contribution in [1.29, 1.82) is 0 Å². The first-order valence-electron chi connectivity index (χ1n) is 7.98. The van der Waals surface area contributed by atoms with Crippen LogP contribution < -0.4 is 0 Å². The molecule has 0 aromatic carbocycles. The Bertz CT molecular complexity index is 245. The molecule has 0 aliphatic heterocycles. The third kappa shape index (κ3) is 7.33. The van der Waals surface area contributed by atoms with Crippen LogP contribution in [0.1, 0.15) is 0 Å². The summed E-state index contributed by atoms with van der Waals surface area (Å²) in [5.74, 6) is 0. The largest absolute Gasteiger partial charge is 0.102 e. The van der Waals surface area contributed by atoms with Crippen LogP contribution in [0.3, 0.4) is 0 Å². The van der Waals surface area contributed by atoms with Crippen molar-refractivity contribution in [2.75, 3.05) is 0 Å². The average Bonchev–Trinajstić information content (AvgIpc) is 2.02. The molecule has 0 nitrogen and oxygen atoms in total. The summed E-state index contributed by atoms with van der Waals surface area (Å²) in [7, 11) is -1.43. The van der Waals surface area contributed by atoms with Gasteiger partial charge >= 0.3 is 0 Å². The lowest BCUT2D eigenvalue weighted by Gasteiger charge is -2.43. The molecule has 0 rings (SSSR count). The molecule has 0 N–H and O–H groups in total. The van der Waals surface area contributed by atoms with Gasteiger partial charge in [0.2, 0.25) is 0 Å². The minimum Gasteiger partial charge on any atom is -0.102 e. The summed E-state index contributed by atoms with van der Waals surface area (Å²) in [6.45, 7) is 31.4. The van der Waals surface area contributed by atoms with Crippen molar-refractivity contribution < 1.29 is 0 Å². The first-order valence-corrected chi connectivity index (χ1v) is 25.4. The second-order valence-electron chi connectivity index (χ2n) is 10.6. The van der Waals surface area contributed by atoms with E-state index in [9.17, 15) is 0 Å². The van der Waals surface area contributed by atoms with Crippen molar-refractivity contribution >= 4 is 48.8 Å². The van der Waals surface area contributed by atoms with E-state index in [2.05, 4.69) is 78.6 Å². The van der Waals surface area contributed by atoms with Crippen molar-refractivity contribution in [3.05, 3.63) is 0 Å². The van der Waals surface area contributed by atoms with Crippen molar-refractivity contribution in [1.82, 2.24) is 0 Å². The Morgan fingerprint density at radius 2 is 0.550 bits per heavy atom. The summed E-state index contributed by atoms with van der Waals surface area (Å²) in [4.78, 5) is 2.26. The second kappa shape index (κ2) is 7.09. The molecule has 0 aromatic rings. The third-order valence-corrected chi connectivity index (χ3v) is 39.7. The van der Waals surface area contributed by atoms with Crippen molar-refractivity contribution in [3.8, 4) is 0 Å². The predicted octanol–water partition coefficient (Wildman–Crippen LogP) is 6.51. The van der Waals surface area contributed by atoms with Crippen molar-refractivity contribution in [2.24, 2.45) is 0 Å². The molecule has 0 fully saturated rings. The molecule has 0 aliphatic rings. The summed E-state index contributed by atoms with van der Waals surface area (Å²) in [5.41, 5.74) is 0. The summed E-state index contributed by atoms with van der Waals surface area (Å²) in [6.07, 6.45) is 0. The standard InChI is InChI=1S/C14H40P2Si4/c1-17(2,3)13(18(4,5)6)15-16-14(19(7,8)9)20(10,11)12/h13-16H,1-12H3. The fraction of sp³-hybridized carbons (Fsp3) is 1.00. The molecule has 0 aliphatic carbocycles. The molecule has 0 bridgehead atoms. The molecule has 0 spiro atoms. The summed E-state index contributed by atoms with van der Waals surface area (Å²) >= 11 is 0. The molecule has 2 atom stereocenters. The van der Waals surface area contributed by atoms with E-state index in [1.54, 1.807) is 0 Å². The molecule has 122 valence electrons. The van der Waals surface area contributed by atoms with Gasteiger partial charge in [0.15, 0.2) is 0 Å². The van der Waals surface area contributed by atoms with E-state index in [4.69, 9.17) is 0 Å². The zero-order valence-corrected chi connectivity index (χ0v) is 22.2. The van der Waals surface area contributed by atoms with Gasteiger partial charge in [-0.2, -0.15) is 0 Å². The molecule has 6 heteroatoms. The predicted molar refractivity (Wildman–Crippen MR) is 118 cm³/mol. The second-order valence-corrected chi connectivity index (χ2v) is 38.8. The lowest BCUT2D eigenvalue weighted by molar-refractivity contribution is 1.45. The molecular formula is C14H40P2Si4. The number of hydrogen-bond donors (Lipinski definition) is 0.